The number of methoxy groups -OCH3 is 2. The Labute approximate surface area is 209 Å². The summed E-state index contributed by atoms with van der Waals surface area (Å²) in [5.74, 6) is 0.335. The molecule has 8 heteroatoms. The van der Waals surface area contributed by atoms with Crippen LogP contribution in [0.4, 0.5) is 0 Å². The summed E-state index contributed by atoms with van der Waals surface area (Å²) in [4.78, 5) is 31.8. The van der Waals surface area contributed by atoms with E-state index in [-0.39, 0.29) is 25.1 Å². The summed E-state index contributed by atoms with van der Waals surface area (Å²) in [6.07, 6.45) is 0.948. The van der Waals surface area contributed by atoms with Gasteiger partial charge in [-0.05, 0) is 54.7 Å². The Bertz CT molecular complexity index is 1230. The third-order valence-corrected chi connectivity index (χ3v) is 7.02. The molecule has 1 unspecified atom stereocenters. The van der Waals surface area contributed by atoms with E-state index in [2.05, 4.69) is 0 Å². The molecule has 36 heavy (non-hydrogen) atoms. The molecule has 0 saturated heterocycles. The van der Waals surface area contributed by atoms with Gasteiger partial charge in [0.2, 0.25) is 6.79 Å². The van der Waals surface area contributed by atoms with Gasteiger partial charge in [-0.3, -0.25) is 14.6 Å². The van der Waals surface area contributed by atoms with Crippen LogP contribution in [0.2, 0.25) is 0 Å². The number of esters is 1. The van der Waals surface area contributed by atoms with Crippen molar-refractivity contribution in [3.63, 3.8) is 0 Å². The monoisotopic (exact) mass is 491 g/mol. The molecule has 2 aromatic rings. The number of benzene rings is 2. The second-order valence-electron chi connectivity index (χ2n) is 9.14. The van der Waals surface area contributed by atoms with E-state index in [0.717, 1.165) is 22.6 Å². The van der Waals surface area contributed by atoms with E-state index >= 15 is 0 Å². The van der Waals surface area contributed by atoms with Gasteiger partial charge in [0.25, 0.3) is 0 Å². The third-order valence-electron chi connectivity index (χ3n) is 7.02. The van der Waals surface area contributed by atoms with Crippen LogP contribution in [-0.2, 0) is 19.1 Å². The lowest BCUT2D eigenvalue weighted by Crippen LogP contribution is -2.38. The highest BCUT2D eigenvalue weighted by Gasteiger charge is 2.45. The molecule has 8 nitrogen and oxygen atoms in total. The Balaban J connectivity index is 1.53. The van der Waals surface area contributed by atoms with Gasteiger partial charge in [0.1, 0.15) is 18.3 Å². The van der Waals surface area contributed by atoms with Gasteiger partial charge in [0.05, 0.1) is 13.7 Å². The molecule has 0 bridgehead atoms. The number of ketones is 1. The maximum Gasteiger partial charge on any atom is 0.315 e. The predicted molar refractivity (Wildman–Crippen MR) is 132 cm³/mol. The fourth-order valence-electron chi connectivity index (χ4n) is 5.26. The van der Waals surface area contributed by atoms with Crippen LogP contribution < -0.4 is 14.2 Å². The normalized spacial score (nSPS) is 22.7. The molecule has 2 aromatic carbocycles. The van der Waals surface area contributed by atoms with Crippen LogP contribution in [0.5, 0.6) is 17.2 Å². The maximum absolute atomic E-state index is 13.7. The van der Waals surface area contributed by atoms with Gasteiger partial charge in [-0.25, -0.2) is 0 Å². The number of carbonyl (C=O) groups excluding carboxylic acids is 2. The Hall–Kier alpha value is -3.65. The summed E-state index contributed by atoms with van der Waals surface area (Å²) in [6.45, 7) is 2.39. The molecule has 3 atom stereocenters. The molecule has 5 rings (SSSR count). The summed E-state index contributed by atoms with van der Waals surface area (Å²) in [7, 11) is 3.18. The number of ether oxygens (including phenoxy) is 5. The maximum atomic E-state index is 13.7. The number of aliphatic imine (C=N–C) groups is 1. The van der Waals surface area contributed by atoms with Crippen molar-refractivity contribution in [3.05, 3.63) is 64.9 Å². The Kier molecular flexibility index (Phi) is 6.78. The summed E-state index contributed by atoms with van der Waals surface area (Å²) in [6, 6.07) is 13.4. The molecule has 3 aliphatic rings. The predicted octanol–water partition coefficient (Wildman–Crippen LogP) is 4.19. The lowest BCUT2D eigenvalue weighted by atomic mass is 9.69. The number of carbonyl (C=O) groups is 2. The van der Waals surface area contributed by atoms with Gasteiger partial charge >= 0.3 is 5.97 Å². The van der Waals surface area contributed by atoms with Crippen molar-refractivity contribution in [3.8, 4) is 17.2 Å². The van der Waals surface area contributed by atoms with Crippen LogP contribution in [-0.4, -0.2) is 51.7 Å². The molecular formula is C28H29NO7. The van der Waals surface area contributed by atoms with Gasteiger partial charge in [-0.15, -0.1) is 0 Å². The first kappa shape index (κ1) is 24.1. The lowest BCUT2D eigenvalue weighted by Gasteiger charge is -2.36. The smallest absolute Gasteiger partial charge is 0.315 e. The van der Waals surface area contributed by atoms with E-state index in [0.29, 0.717) is 42.2 Å². The van der Waals surface area contributed by atoms with E-state index in [9.17, 15) is 9.59 Å². The Morgan fingerprint density at radius 2 is 1.75 bits per heavy atom. The van der Waals surface area contributed by atoms with Crippen molar-refractivity contribution >= 4 is 17.5 Å². The molecule has 0 radical (unpaired) electrons. The first-order valence-electron chi connectivity index (χ1n) is 12.0. The van der Waals surface area contributed by atoms with E-state index in [1.807, 2.05) is 49.4 Å². The molecule has 2 heterocycles. The molecule has 188 valence electrons. The highest BCUT2D eigenvalue weighted by atomic mass is 16.7. The number of Topliss-reactive ketones (excluding diaryl/α,β-unsaturated/α-hetero) is 1. The molecule has 0 N–H and O–H groups in total. The number of fused-ring (bicyclic) bond motifs is 1. The average molecular weight is 492 g/mol. The summed E-state index contributed by atoms with van der Waals surface area (Å²) < 4.78 is 26.9. The second kappa shape index (κ2) is 10.1. The molecule has 0 saturated carbocycles. The molecule has 0 amide bonds. The van der Waals surface area contributed by atoms with Crippen molar-refractivity contribution in [1.82, 2.24) is 0 Å². The van der Waals surface area contributed by atoms with Crippen molar-refractivity contribution < 1.29 is 33.3 Å². The number of hydrogen-bond acceptors (Lipinski definition) is 8. The zero-order valence-corrected chi connectivity index (χ0v) is 20.6. The van der Waals surface area contributed by atoms with Crippen LogP contribution in [0.3, 0.4) is 0 Å². The SMILES string of the molecule is COCCOC(=O)C1C(C)=NC2=C(C(=O)C[C@@H](c3ccc(OC)cc3)C2)[C@H]1c1ccc2c(c1)OCO2. The van der Waals surface area contributed by atoms with E-state index < -0.39 is 17.8 Å². The van der Waals surface area contributed by atoms with E-state index in [1.54, 1.807) is 14.2 Å². The summed E-state index contributed by atoms with van der Waals surface area (Å²) in [5.41, 5.74) is 3.79. The third kappa shape index (κ3) is 4.48. The molecular weight excluding hydrogens is 462 g/mol. The standard InChI is InChI=1S/C28H29NO7/c1-16-25(28(31)34-11-10-32-2)26(18-6-9-23-24(14-18)36-15-35-23)27-21(29-16)12-19(13-22(27)30)17-4-7-20(33-3)8-5-17/h4-9,14,19,25-26H,10-13,15H2,1-3H3/t19-,25?,26-/m0/s1. The lowest BCUT2D eigenvalue weighted by molar-refractivity contribution is -0.147. The quantitative estimate of drug-likeness (QED) is 0.424. The number of hydrogen-bond donors (Lipinski definition) is 0. The highest BCUT2D eigenvalue weighted by Crippen LogP contribution is 2.48. The van der Waals surface area contributed by atoms with Crippen LogP contribution in [0.25, 0.3) is 0 Å². The number of nitrogens with zero attached hydrogens (tertiary/aromatic N) is 1. The minimum Gasteiger partial charge on any atom is -0.497 e. The van der Waals surface area contributed by atoms with Crippen LogP contribution in [0.15, 0.2) is 58.7 Å². The Morgan fingerprint density at radius 3 is 2.50 bits per heavy atom. The van der Waals surface area contributed by atoms with Gasteiger partial charge < -0.3 is 23.7 Å². The van der Waals surface area contributed by atoms with Crippen molar-refractivity contribution in [1.29, 1.82) is 0 Å². The first-order chi connectivity index (χ1) is 17.5. The largest absolute Gasteiger partial charge is 0.497 e. The zero-order valence-electron chi connectivity index (χ0n) is 20.6. The van der Waals surface area contributed by atoms with Gasteiger partial charge in [-0.2, -0.15) is 0 Å². The van der Waals surface area contributed by atoms with Crippen molar-refractivity contribution in [2.45, 2.75) is 31.6 Å². The number of allylic oxidation sites excluding steroid dienone is 2. The fraction of sp³-hybridized carbons (Fsp3) is 0.393. The van der Waals surface area contributed by atoms with Crippen molar-refractivity contribution in [2.75, 3.05) is 34.2 Å². The van der Waals surface area contributed by atoms with Gasteiger partial charge in [0.15, 0.2) is 17.3 Å². The Morgan fingerprint density at radius 1 is 1.00 bits per heavy atom. The number of rotatable bonds is 7. The van der Waals surface area contributed by atoms with Gasteiger partial charge in [-0.1, -0.05) is 18.2 Å². The topological polar surface area (TPSA) is 92.7 Å². The molecule has 0 fully saturated rings. The average Bonchev–Trinajstić information content (AvgIpc) is 3.36. The van der Waals surface area contributed by atoms with E-state index in [1.165, 1.54) is 0 Å². The summed E-state index contributed by atoms with van der Waals surface area (Å²) >= 11 is 0. The van der Waals surface area contributed by atoms with Crippen LogP contribution >= 0.6 is 0 Å². The van der Waals surface area contributed by atoms with E-state index in [4.69, 9.17) is 28.7 Å². The van der Waals surface area contributed by atoms with Crippen LogP contribution in [0.1, 0.15) is 42.7 Å². The highest BCUT2D eigenvalue weighted by molar-refractivity contribution is 6.09. The first-order valence-corrected chi connectivity index (χ1v) is 12.0. The fourth-order valence-corrected chi connectivity index (χ4v) is 5.26. The molecule has 0 aromatic heterocycles. The zero-order chi connectivity index (χ0) is 25.2. The minimum atomic E-state index is -0.720. The van der Waals surface area contributed by atoms with Gasteiger partial charge in [0, 0.05) is 36.4 Å². The molecule has 1 aliphatic carbocycles. The summed E-state index contributed by atoms with van der Waals surface area (Å²) in [5, 5.41) is 0. The van der Waals surface area contributed by atoms with Crippen molar-refractivity contribution in [2.24, 2.45) is 10.9 Å². The second-order valence-corrected chi connectivity index (χ2v) is 9.14. The van der Waals surface area contributed by atoms with Crippen LogP contribution in [0, 0.1) is 5.92 Å². The minimum absolute atomic E-state index is 0.00122. The molecule has 0 spiro atoms. The molecule has 2 aliphatic heterocycles.